The van der Waals surface area contributed by atoms with Gasteiger partial charge < -0.3 is 25.3 Å². The van der Waals surface area contributed by atoms with E-state index < -0.39 is 33.6 Å². The normalized spacial score (nSPS) is 16.1. The van der Waals surface area contributed by atoms with Crippen LogP contribution in [0.4, 0.5) is 0 Å². The maximum Gasteiger partial charge on any atom is 0.342 e. The number of nitrogens with two attached hydrogens (primary N) is 1. The third kappa shape index (κ3) is 5.85. The minimum atomic E-state index is -4.41. The highest BCUT2D eigenvalue weighted by Gasteiger charge is 2.27. The molecule has 1 unspecified atom stereocenters. The molecule has 0 aromatic carbocycles. The molecule has 0 radical (unpaired) electrons. The van der Waals surface area contributed by atoms with Crippen molar-refractivity contribution >= 4 is 15.2 Å². The van der Waals surface area contributed by atoms with Gasteiger partial charge in [-0.05, 0) is 6.42 Å². The number of hydrogen-bond donors (Lipinski definition) is 5. The average molecular weight is 219 g/mol. The predicted molar refractivity (Wildman–Crippen MR) is 41.5 cm³/mol. The second-order valence-corrected chi connectivity index (χ2v) is 5.95. The van der Waals surface area contributed by atoms with E-state index in [0.29, 0.717) is 0 Å². The Balaban J connectivity index is 3.97. The Bertz CT molecular complexity index is 229. The molecular weight excluding hydrogens is 208 g/mol. The van der Waals surface area contributed by atoms with Crippen molar-refractivity contribution in [3.05, 3.63) is 0 Å². The van der Waals surface area contributed by atoms with Gasteiger partial charge in [0.1, 0.15) is 5.78 Å². The zero-order chi connectivity index (χ0) is 9.99. The quantitative estimate of drug-likeness (QED) is 0.382. The van der Waals surface area contributed by atoms with E-state index in [2.05, 4.69) is 0 Å². The van der Waals surface area contributed by atoms with Crippen LogP contribution >= 0.6 is 15.2 Å². The molecule has 0 aliphatic rings. The van der Waals surface area contributed by atoms with Crippen molar-refractivity contribution in [2.24, 2.45) is 5.73 Å². The molecule has 0 aliphatic heterocycles. The highest BCUT2D eigenvalue weighted by atomic mass is 31.2. The lowest BCUT2D eigenvalue weighted by atomic mass is 10.5. The molecule has 1 atom stereocenters. The molecule has 0 rings (SSSR count). The SMILES string of the molecule is NC(CCP(=O)(O)O)P(=O)(O)O. The topological polar surface area (TPSA) is 141 Å². The average Bonchev–Trinajstić information content (AvgIpc) is 1.78. The molecule has 7 nitrogen and oxygen atoms in total. The molecule has 74 valence electrons. The van der Waals surface area contributed by atoms with Gasteiger partial charge in [0.15, 0.2) is 0 Å². The first-order valence-electron chi connectivity index (χ1n) is 2.98. The molecule has 0 saturated carbocycles. The maximum absolute atomic E-state index is 10.4. The minimum absolute atomic E-state index is 0.394. The van der Waals surface area contributed by atoms with Crippen molar-refractivity contribution in [1.82, 2.24) is 0 Å². The highest BCUT2D eigenvalue weighted by molar-refractivity contribution is 7.53. The highest BCUT2D eigenvalue weighted by Crippen LogP contribution is 2.43. The fourth-order valence-corrected chi connectivity index (χ4v) is 1.75. The first-order chi connectivity index (χ1) is 5.13. The Kier molecular flexibility index (Phi) is 4.07. The molecule has 0 aliphatic carbocycles. The summed E-state index contributed by atoms with van der Waals surface area (Å²) in [6.45, 7) is 0. The van der Waals surface area contributed by atoms with Gasteiger partial charge in [-0.25, -0.2) is 0 Å². The molecule has 0 amide bonds. The Morgan fingerprint density at radius 2 is 1.58 bits per heavy atom. The van der Waals surface area contributed by atoms with Crippen molar-refractivity contribution in [1.29, 1.82) is 0 Å². The summed E-state index contributed by atoms with van der Waals surface area (Å²) in [4.78, 5) is 33.5. The molecule has 12 heavy (non-hydrogen) atoms. The monoisotopic (exact) mass is 219 g/mol. The van der Waals surface area contributed by atoms with Crippen molar-refractivity contribution < 1.29 is 28.7 Å². The summed E-state index contributed by atoms with van der Waals surface area (Å²) >= 11 is 0. The van der Waals surface area contributed by atoms with E-state index in [1.807, 2.05) is 0 Å². The van der Waals surface area contributed by atoms with Gasteiger partial charge >= 0.3 is 15.2 Å². The summed E-state index contributed by atoms with van der Waals surface area (Å²) < 4.78 is 20.6. The first-order valence-corrected chi connectivity index (χ1v) is 6.46. The minimum Gasteiger partial charge on any atom is -0.324 e. The second kappa shape index (κ2) is 3.98. The van der Waals surface area contributed by atoms with Crippen molar-refractivity contribution in [3.8, 4) is 0 Å². The van der Waals surface area contributed by atoms with E-state index in [-0.39, 0.29) is 0 Å². The van der Waals surface area contributed by atoms with Crippen LogP contribution in [-0.4, -0.2) is 31.5 Å². The summed E-state index contributed by atoms with van der Waals surface area (Å²) in [5.41, 5.74) is 4.95. The fourth-order valence-electron chi connectivity index (χ4n) is 0.469. The lowest BCUT2D eigenvalue weighted by Gasteiger charge is -2.12. The largest absolute Gasteiger partial charge is 0.342 e. The zero-order valence-corrected chi connectivity index (χ0v) is 7.86. The smallest absolute Gasteiger partial charge is 0.324 e. The van der Waals surface area contributed by atoms with E-state index in [1.165, 1.54) is 0 Å². The van der Waals surface area contributed by atoms with Gasteiger partial charge in [-0.2, -0.15) is 0 Å². The van der Waals surface area contributed by atoms with Crippen LogP contribution in [0.2, 0.25) is 0 Å². The summed E-state index contributed by atoms with van der Waals surface area (Å²) in [5.74, 6) is -1.50. The Labute approximate surface area is 68.9 Å². The Hall–Kier alpha value is 0.260. The molecule has 9 heteroatoms. The van der Waals surface area contributed by atoms with Crippen LogP contribution in [0.15, 0.2) is 0 Å². The Morgan fingerprint density at radius 1 is 1.17 bits per heavy atom. The van der Waals surface area contributed by atoms with Crippen LogP contribution < -0.4 is 5.73 Å². The molecule has 0 heterocycles. The van der Waals surface area contributed by atoms with Crippen LogP contribution in [-0.2, 0) is 9.13 Å². The molecule has 6 N–H and O–H groups in total. The third-order valence-electron chi connectivity index (χ3n) is 1.15. The van der Waals surface area contributed by atoms with E-state index in [0.717, 1.165) is 0 Å². The van der Waals surface area contributed by atoms with E-state index >= 15 is 0 Å². The van der Waals surface area contributed by atoms with Crippen LogP contribution in [0.5, 0.6) is 0 Å². The molecule has 0 spiro atoms. The molecular formula is C3H11NO6P2. The van der Waals surface area contributed by atoms with Crippen LogP contribution in [0.25, 0.3) is 0 Å². The Morgan fingerprint density at radius 3 is 1.83 bits per heavy atom. The standard InChI is InChI=1S/C3H11NO6P2/c4-3(12(8,9)10)1-2-11(5,6)7/h3H,1-2,4H2,(H2,5,6,7)(H2,8,9,10). The molecule has 0 bridgehead atoms. The summed E-state index contributed by atoms with van der Waals surface area (Å²) in [7, 11) is -8.62. The van der Waals surface area contributed by atoms with Gasteiger partial charge in [-0.1, -0.05) is 0 Å². The summed E-state index contributed by atoms with van der Waals surface area (Å²) in [5, 5.41) is 0. The molecule has 0 fully saturated rings. The van der Waals surface area contributed by atoms with E-state index in [4.69, 9.17) is 25.3 Å². The predicted octanol–water partition coefficient (Wildman–Crippen LogP) is -0.983. The van der Waals surface area contributed by atoms with Crippen molar-refractivity contribution in [2.45, 2.75) is 12.2 Å². The van der Waals surface area contributed by atoms with E-state index in [1.54, 1.807) is 0 Å². The zero-order valence-electron chi connectivity index (χ0n) is 6.07. The lowest BCUT2D eigenvalue weighted by Crippen LogP contribution is -2.21. The maximum atomic E-state index is 10.4. The van der Waals surface area contributed by atoms with E-state index in [9.17, 15) is 9.13 Å². The summed E-state index contributed by atoms with van der Waals surface area (Å²) in [6.07, 6.45) is -1.01. The molecule has 0 aromatic rings. The molecule has 0 saturated heterocycles. The van der Waals surface area contributed by atoms with Gasteiger partial charge in [0.2, 0.25) is 0 Å². The van der Waals surface area contributed by atoms with Gasteiger partial charge in [-0.15, -0.1) is 0 Å². The summed E-state index contributed by atoms with van der Waals surface area (Å²) in [6, 6.07) is 0. The van der Waals surface area contributed by atoms with Crippen LogP contribution in [0, 0.1) is 0 Å². The lowest BCUT2D eigenvalue weighted by molar-refractivity contribution is 0.352. The van der Waals surface area contributed by atoms with Gasteiger partial charge in [0, 0.05) is 0 Å². The molecule has 0 aromatic heterocycles. The number of rotatable bonds is 4. The first kappa shape index (κ1) is 12.3. The van der Waals surface area contributed by atoms with Crippen LogP contribution in [0.1, 0.15) is 6.42 Å². The van der Waals surface area contributed by atoms with Gasteiger partial charge in [-0.3, -0.25) is 9.13 Å². The second-order valence-electron chi connectivity index (χ2n) is 2.33. The fraction of sp³-hybridized carbons (Fsp3) is 1.00. The third-order valence-corrected chi connectivity index (χ3v) is 3.11. The van der Waals surface area contributed by atoms with Crippen LogP contribution in [0.3, 0.4) is 0 Å². The van der Waals surface area contributed by atoms with Crippen molar-refractivity contribution in [2.75, 3.05) is 6.16 Å². The van der Waals surface area contributed by atoms with Crippen molar-refractivity contribution in [3.63, 3.8) is 0 Å². The van der Waals surface area contributed by atoms with Gasteiger partial charge in [0.25, 0.3) is 0 Å². The number of hydrogen-bond acceptors (Lipinski definition) is 3. The van der Waals surface area contributed by atoms with Gasteiger partial charge in [0.05, 0.1) is 6.16 Å².